The number of nitrogens with two attached hydrogens (primary N) is 1. The SMILES string of the molecule is Cl.N[C@@H]1CCCC[C@H]1NC1=CC(=O)N(C(=O)OCc2ccccc2)C1. The summed E-state index contributed by atoms with van der Waals surface area (Å²) in [7, 11) is 0. The Labute approximate surface area is 153 Å². The molecule has 25 heavy (non-hydrogen) atoms. The number of amides is 2. The molecule has 0 saturated heterocycles. The molecule has 0 unspecified atom stereocenters. The van der Waals surface area contributed by atoms with E-state index < -0.39 is 6.09 Å². The third-order valence-corrected chi connectivity index (χ3v) is 4.51. The monoisotopic (exact) mass is 365 g/mol. The summed E-state index contributed by atoms with van der Waals surface area (Å²) in [5, 5.41) is 3.32. The zero-order valence-electron chi connectivity index (χ0n) is 14.0. The summed E-state index contributed by atoms with van der Waals surface area (Å²) in [5.74, 6) is -0.347. The Morgan fingerprint density at radius 1 is 1.24 bits per heavy atom. The van der Waals surface area contributed by atoms with Crippen LogP contribution in [0.4, 0.5) is 4.79 Å². The van der Waals surface area contributed by atoms with Crippen molar-refractivity contribution in [2.75, 3.05) is 6.54 Å². The van der Waals surface area contributed by atoms with E-state index in [1.165, 1.54) is 6.08 Å². The minimum absolute atomic E-state index is 0. The van der Waals surface area contributed by atoms with Crippen molar-refractivity contribution < 1.29 is 14.3 Å². The first-order valence-electron chi connectivity index (χ1n) is 8.38. The van der Waals surface area contributed by atoms with Crippen LogP contribution in [0.5, 0.6) is 0 Å². The van der Waals surface area contributed by atoms with Crippen molar-refractivity contribution >= 4 is 24.4 Å². The van der Waals surface area contributed by atoms with Crippen molar-refractivity contribution in [2.24, 2.45) is 5.73 Å². The summed E-state index contributed by atoms with van der Waals surface area (Å²) in [5.41, 5.74) is 7.74. The van der Waals surface area contributed by atoms with Gasteiger partial charge in [-0.25, -0.2) is 9.69 Å². The number of rotatable bonds is 4. The van der Waals surface area contributed by atoms with Crippen molar-refractivity contribution in [2.45, 2.75) is 44.4 Å². The van der Waals surface area contributed by atoms with Gasteiger partial charge in [0.1, 0.15) is 6.61 Å². The fourth-order valence-corrected chi connectivity index (χ4v) is 3.14. The Bertz CT molecular complexity index is 636. The Morgan fingerprint density at radius 2 is 1.96 bits per heavy atom. The maximum atomic E-state index is 12.1. The van der Waals surface area contributed by atoms with Gasteiger partial charge < -0.3 is 15.8 Å². The van der Waals surface area contributed by atoms with E-state index in [0.29, 0.717) is 0 Å². The average Bonchev–Trinajstić information content (AvgIpc) is 2.96. The van der Waals surface area contributed by atoms with E-state index >= 15 is 0 Å². The van der Waals surface area contributed by atoms with Crippen LogP contribution in [0, 0.1) is 0 Å². The van der Waals surface area contributed by atoms with E-state index in [-0.39, 0.29) is 43.5 Å². The van der Waals surface area contributed by atoms with Crippen molar-refractivity contribution in [3.05, 3.63) is 47.7 Å². The maximum absolute atomic E-state index is 12.1. The number of hydrogen-bond donors (Lipinski definition) is 2. The molecule has 2 amide bonds. The van der Waals surface area contributed by atoms with Gasteiger partial charge in [-0.15, -0.1) is 12.4 Å². The van der Waals surface area contributed by atoms with E-state index in [4.69, 9.17) is 10.5 Å². The average molecular weight is 366 g/mol. The van der Waals surface area contributed by atoms with Gasteiger partial charge in [0, 0.05) is 23.9 Å². The molecule has 6 nitrogen and oxygen atoms in total. The number of nitrogens with zero attached hydrogens (tertiary/aromatic N) is 1. The summed E-state index contributed by atoms with van der Waals surface area (Å²) >= 11 is 0. The lowest BCUT2D eigenvalue weighted by Gasteiger charge is -2.30. The molecular formula is C18H24ClN3O3. The first-order valence-corrected chi connectivity index (χ1v) is 8.38. The smallest absolute Gasteiger partial charge is 0.417 e. The van der Waals surface area contributed by atoms with Crippen molar-refractivity contribution in [3.63, 3.8) is 0 Å². The molecule has 1 heterocycles. The number of benzene rings is 1. The molecule has 2 aliphatic rings. The quantitative estimate of drug-likeness (QED) is 0.855. The number of ether oxygens (including phenoxy) is 1. The molecule has 1 fully saturated rings. The molecule has 1 aliphatic carbocycles. The molecule has 0 bridgehead atoms. The van der Waals surface area contributed by atoms with Crippen LogP contribution in [0.2, 0.25) is 0 Å². The minimum atomic E-state index is -0.621. The number of hydrogen-bond acceptors (Lipinski definition) is 5. The van der Waals surface area contributed by atoms with Crippen molar-refractivity contribution in [3.8, 4) is 0 Å². The van der Waals surface area contributed by atoms with E-state index in [2.05, 4.69) is 5.32 Å². The van der Waals surface area contributed by atoms with E-state index in [9.17, 15) is 9.59 Å². The van der Waals surface area contributed by atoms with Gasteiger partial charge in [-0.3, -0.25) is 4.79 Å². The minimum Gasteiger partial charge on any atom is -0.444 e. The van der Waals surface area contributed by atoms with Crippen LogP contribution in [0.25, 0.3) is 0 Å². The predicted molar refractivity (Wildman–Crippen MR) is 97.0 cm³/mol. The summed E-state index contributed by atoms with van der Waals surface area (Å²) < 4.78 is 5.22. The highest BCUT2D eigenvalue weighted by atomic mass is 35.5. The zero-order chi connectivity index (χ0) is 16.9. The highest BCUT2D eigenvalue weighted by molar-refractivity contribution is 6.01. The Hall–Kier alpha value is -2.05. The highest BCUT2D eigenvalue weighted by Crippen LogP contribution is 2.19. The summed E-state index contributed by atoms with van der Waals surface area (Å²) in [6, 6.07) is 9.64. The number of carbonyl (C=O) groups is 2. The fourth-order valence-electron chi connectivity index (χ4n) is 3.14. The molecule has 2 atom stereocenters. The van der Waals surface area contributed by atoms with Gasteiger partial charge in [0.25, 0.3) is 5.91 Å². The molecule has 7 heteroatoms. The van der Waals surface area contributed by atoms with Gasteiger partial charge in [0.05, 0.1) is 6.54 Å². The molecule has 0 aromatic heterocycles. The number of halogens is 1. The number of imide groups is 1. The molecule has 0 spiro atoms. The normalized spacial score (nSPS) is 22.8. The van der Waals surface area contributed by atoms with E-state index in [0.717, 1.165) is 41.8 Å². The van der Waals surface area contributed by atoms with Gasteiger partial charge in [0.15, 0.2) is 0 Å². The van der Waals surface area contributed by atoms with Crippen LogP contribution in [0.15, 0.2) is 42.1 Å². The maximum Gasteiger partial charge on any atom is 0.417 e. The molecule has 136 valence electrons. The van der Waals surface area contributed by atoms with E-state index in [1.807, 2.05) is 30.3 Å². The lowest BCUT2D eigenvalue weighted by Crippen LogP contribution is -2.47. The Kier molecular flexibility index (Phi) is 6.84. The van der Waals surface area contributed by atoms with Gasteiger partial charge in [0.2, 0.25) is 0 Å². The van der Waals surface area contributed by atoms with Crippen molar-refractivity contribution in [1.29, 1.82) is 0 Å². The molecule has 1 aromatic rings. The molecule has 1 aromatic carbocycles. The first-order chi connectivity index (χ1) is 11.6. The summed E-state index contributed by atoms with van der Waals surface area (Å²) in [4.78, 5) is 25.3. The van der Waals surface area contributed by atoms with Crippen LogP contribution in [-0.4, -0.2) is 35.5 Å². The van der Waals surface area contributed by atoms with Gasteiger partial charge in [-0.05, 0) is 18.4 Å². The third kappa shape index (κ3) is 4.96. The second-order valence-electron chi connectivity index (χ2n) is 6.33. The second-order valence-corrected chi connectivity index (χ2v) is 6.33. The standard InChI is InChI=1S/C18H23N3O3.ClH/c19-15-8-4-5-9-16(15)20-14-10-17(22)21(11-14)18(23)24-12-13-6-2-1-3-7-13;/h1-3,6-7,10,15-16,20H,4-5,8-9,11-12,19H2;1H/t15-,16-;/m1./s1. The fraction of sp³-hybridized carbons (Fsp3) is 0.444. The molecular weight excluding hydrogens is 342 g/mol. The summed E-state index contributed by atoms with van der Waals surface area (Å²) in [6.07, 6.45) is 5.10. The molecule has 3 rings (SSSR count). The van der Waals surface area contributed by atoms with Crippen LogP contribution in [0.1, 0.15) is 31.2 Å². The van der Waals surface area contributed by atoms with Crippen LogP contribution >= 0.6 is 12.4 Å². The molecule has 1 aliphatic heterocycles. The van der Waals surface area contributed by atoms with E-state index in [1.54, 1.807) is 0 Å². The largest absolute Gasteiger partial charge is 0.444 e. The Morgan fingerprint density at radius 3 is 2.68 bits per heavy atom. The lowest BCUT2D eigenvalue weighted by atomic mass is 9.91. The van der Waals surface area contributed by atoms with Gasteiger partial charge in [-0.2, -0.15) is 0 Å². The molecule has 3 N–H and O–H groups in total. The number of carbonyl (C=O) groups excluding carboxylic acids is 2. The first kappa shape index (κ1) is 19.3. The van der Waals surface area contributed by atoms with Crippen LogP contribution in [-0.2, 0) is 16.1 Å². The molecule has 0 radical (unpaired) electrons. The molecule has 1 saturated carbocycles. The van der Waals surface area contributed by atoms with Crippen LogP contribution < -0.4 is 11.1 Å². The van der Waals surface area contributed by atoms with Gasteiger partial charge in [-0.1, -0.05) is 43.2 Å². The topological polar surface area (TPSA) is 84.7 Å². The van der Waals surface area contributed by atoms with Crippen LogP contribution in [0.3, 0.4) is 0 Å². The van der Waals surface area contributed by atoms with Gasteiger partial charge >= 0.3 is 6.09 Å². The zero-order valence-corrected chi connectivity index (χ0v) is 14.8. The highest BCUT2D eigenvalue weighted by Gasteiger charge is 2.31. The Balaban J connectivity index is 0.00000225. The number of nitrogens with one attached hydrogen (secondary N) is 1. The second kappa shape index (κ2) is 8.87. The summed E-state index contributed by atoms with van der Waals surface area (Å²) in [6.45, 7) is 0.370. The predicted octanol–water partition coefficient (Wildman–Crippen LogP) is 2.33. The van der Waals surface area contributed by atoms with Crippen molar-refractivity contribution in [1.82, 2.24) is 10.2 Å². The third-order valence-electron chi connectivity index (χ3n) is 4.51. The lowest BCUT2D eigenvalue weighted by molar-refractivity contribution is -0.123.